The molecule has 3 rings (SSSR count). The summed E-state index contributed by atoms with van der Waals surface area (Å²) in [6.07, 6.45) is 1.69. The number of hydrogen-bond acceptors (Lipinski definition) is 7. The third-order valence-corrected chi connectivity index (χ3v) is 5.75. The number of carbonyl (C=O) groups excluding carboxylic acids is 1. The summed E-state index contributed by atoms with van der Waals surface area (Å²) in [6.45, 7) is 4.29. The Labute approximate surface area is 200 Å². The van der Waals surface area contributed by atoms with Crippen molar-refractivity contribution in [2.45, 2.75) is 13.8 Å². The number of methoxy groups -OCH3 is 1. The standard InChI is InChI=1S/C23H23ClN2O6S/c1-4-26-22(29)19(33-23(26)25-15-6-8-16(9-7-15)31-5-2)12-14-10-17(24)21(18(11-14)30-3)32-13-20(27)28/h6-12H,4-5,13H2,1-3H3,(H,27,28). The number of rotatable bonds is 9. The predicted octanol–water partition coefficient (Wildman–Crippen LogP) is 4.83. The lowest BCUT2D eigenvalue weighted by Crippen LogP contribution is -2.28. The van der Waals surface area contributed by atoms with Crippen LogP contribution in [-0.4, -0.2) is 53.9 Å². The van der Waals surface area contributed by atoms with Gasteiger partial charge in [0.15, 0.2) is 23.3 Å². The summed E-state index contributed by atoms with van der Waals surface area (Å²) >= 11 is 7.54. The lowest BCUT2D eigenvalue weighted by atomic mass is 10.1. The molecule has 0 aliphatic carbocycles. The van der Waals surface area contributed by atoms with Crippen LogP contribution in [0.1, 0.15) is 19.4 Å². The third-order valence-electron chi connectivity index (χ3n) is 4.47. The number of ether oxygens (including phenoxy) is 3. The highest BCUT2D eigenvalue weighted by molar-refractivity contribution is 8.18. The maximum absolute atomic E-state index is 12.9. The molecule has 174 valence electrons. The quantitative estimate of drug-likeness (QED) is 0.502. The number of thioether (sulfide) groups is 1. The van der Waals surface area contributed by atoms with Crippen molar-refractivity contribution in [3.8, 4) is 17.2 Å². The van der Waals surface area contributed by atoms with Gasteiger partial charge in [-0.25, -0.2) is 9.79 Å². The molecular formula is C23H23ClN2O6S. The summed E-state index contributed by atoms with van der Waals surface area (Å²) in [7, 11) is 1.42. The Morgan fingerprint density at radius 3 is 2.55 bits per heavy atom. The summed E-state index contributed by atoms with van der Waals surface area (Å²) in [6, 6.07) is 10.5. The van der Waals surface area contributed by atoms with Crippen LogP contribution >= 0.6 is 23.4 Å². The number of amides is 1. The molecule has 0 atom stereocenters. The topological polar surface area (TPSA) is 97.7 Å². The van der Waals surface area contributed by atoms with E-state index in [1.54, 1.807) is 23.1 Å². The Hall–Kier alpha value is -3.17. The zero-order chi connectivity index (χ0) is 24.0. The smallest absolute Gasteiger partial charge is 0.341 e. The zero-order valence-electron chi connectivity index (χ0n) is 18.3. The van der Waals surface area contributed by atoms with Crippen molar-refractivity contribution in [1.29, 1.82) is 0 Å². The molecule has 1 amide bonds. The molecular weight excluding hydrogens is 468 g/mol. The number of amidine groups is 1. The van der Waals surface area contributed by atoms with Crippen molar-refractivity contribution in [3.05, 3.63) is 51.9 Å². The minimum Gasteiger partial charge on any atom is -0.494 e. The average molecular weight is 491 g/mol. The van der Waals surface area contributed by atoms with Gasteiger partial charge in [-0.1, -0.05) is 11.6 Å². The summed E-state index contributed by atoms with van der Waals surface area (Å²) in [5.41, 5.74) is 1.31. The molecule has 0 spiro atoms. The predicted molar refractivity (Wildman–Crippen MR) is 129 cm³/mol. The van der Waals surface area contributed by atoms with E-state index in [0.717, 1.165) is 5.75 Å². The molecule has 1 aliphatic rings. The summed E-state index contributed by atoms with van der Waals surface area (Å²) in [4.78, 5) is 30.4. The SMILES string of the molecule is CCOc1ccc(N=C2SC(=Cc3cc(Cl)c(OCC(=O)O)c(OC)c3)C(=O)N2CC)cc1. The van der Waals surface area contributed by atoms with Crippen molar-refractivity contribution in [1.82, 2.24) is 4.90 Å². The van der Waals surface area contributed by atoms with Gasteiger partial charge < -0.3 is 19.3 Å². The first-order chi connectivity index (χ1) is 15.9. The van der Waals surface area contributed by atoms with Gasteiger partial charge in [-0.15, -0.1) is 0 Å². The van der Waals surface area contributed by atoms with Crippen LogP contribution < -0.4 is 14.2 Å². The number of carboxylic acids is 1. The normalized spacial score (nSPS) is 15.9. The van der Waals surface area contributed by atoms with E-state index in [1.807, 2.05) is 38.1 Å². The van der Waals surface area contributed by atoms with E-state index in [2.05, 4.69) is 4.99 Å². The summed E-state index contributed by atoms with van der Waals surface area (Å²) in [5, 5.41) is 9.58. The largest absolute Gasteiger partial charge is 0.494 e. The molecule has 1 N–H and O–H groups in total. The fourth-order valence-corrected chi connectivity index (χ4v) is 4.35. The second-order valence-electron chi connectivity index (χ2n) is 6.70. The van der Waals surface area contributed by atoms with Gasteiger partial charge in [-0.05, 0) is 73.6 Å². The lowest BCUT2D eigenvalue weighted by Gasteiger charge is -2.12. The molecule has 0 unspecified atom stereocenters. The van der Waals surface area contributed by atoms with Gasteiger partial charge in [0.1, 0.15) is 5.75 Å². The number of aliphatic imine (C=N–C) groups is 1. The Morgan fingerprint density at radius 1 is 1.21 bits per heavy atom. The van der Waals surface area contributed by atoms with Gasteiger partial charge in [0, 0.05) is 6.54 Å². The highest BCUT2D eigenvalue weighted by atomic mass is 35.5. The van der Waals surface area contributed by atoms with Gasteiger partial charge >= 0.3 is 5.97 Å². The van der Waals surface area contributed by atoms with E-state index in [-0.39, 0.29) is 22.4 Å². The van der Waals surface area contributed by atoms with E-state index in [0.29, 0.717) is 34.5 Å². The fraction of sp³-hybridized carbons (Fsp3) is 0.261. The molecule has 1 heterocycles. The van der Waals surface area contributed by atoms with Crippen molar-refractivity contribution in [3.63, 3.8) is 0 Å². The fourth-order valence-electron chi connectivity index (χ4n) is 3.01. The number of aliphatic carboxylic acids is 1. The number of hydrogen-bond donors (Lipinski definition) is 1. The zero-order valence-corrected chi connectivity index (χ0v) is 19.9. The molecule has 0 radical (unpaired) electrons. The van der Waals surface area contributed by atoms with Crippen LogP contribution in [0.25, 0.3) is 6.08 Å². The third kappa shape index (κ3) is 6.00. The van der Waals surface area contributed by atoms with E-state index >= 15 is 0 Å². The summed E-state index contributed by atoms with van der Waals surface area (Å²) < 4.78 is 16.0. The second kappa shape index (κ2) is 11.1. The van der Waals surface area contributed by atoms with Crippen LogP contribution in [0.5, 0.6) is 17.2 Å². The maximum atomic E-state index is 12.9. The molecule has 2 aromatic rings. The van der Waals surface area contributed by atoms with Crippen LogP contribution in [0.15, 0.2) is 46.3 Å². The van der Waals surface area contributed by atoms with Crippen molar-refractivity contribution in [2.75, 3.05) is 26.9 Å². The monoisotopic (exact) mass is 490 g/mol. The van der Waals surface area contributed by atoms with Crippen molar-refractivity contribution in [2.24, 2.45) is 4.99 Å². The molecule has 10 heteroatoms. The van der Waals surface area contributed by atoms with Gasteiger partial charge in [0.25, 0.3) is 5.91 Å². The Morgan fingerprint density at radius 2 is 1.94 bits per heavy atom. The molecule has 0 aromatic heterocycles. The molecule has 1 fully saturated rings. The minimum atomic E-state index is -1.13. The highest BCUT2D eigenvalue weighted by Gasteiger charge is 2.32. The maximum Gasteiger partial charge on any atom is 0.341 e. The van der Waals surface area contributed by atoms with Crippen LogP contribution in [0.4, 0.5) is 5.69 Å². The van der Waals surface area contributed by atoms with Crippen molar-refractivity contribution >= 4 is 52.2 Å². The first kappa shape index (κ1) is 24.5. The minimum absolute atomic E-state index is 0.127. The number of halogens is 1. The average Bonchev–Trinajstić information content (AvgIpc) is 3.07. The highest BCUT2D eigenvalue weighted by Crippen LogP contribution is 2.39. The van der Waals surface area contributed by atoms with Crippen LogP contribution in [-0.2, 0) is 9.59 Å². The number of nitrogens with zero attached hydrogens (tertiary/aromatic N) is 2. The second-order valence-corrected chi connectivity index (χ2v) is 8.11. The Bertz CT molecular complexity index is 1100. The lowest BCUT2D eigenvalue weighted by molar-refractivity contribution is -0.139. The summed E-state index contributed by atoms with van der Waals surface area (Å²) in [5.74, 6) is -0.158. The number of likely N-dealkylation sites (N-methyl/N-ethyl adjacent to an activating group) is 1. The van der Waals surface area contributed by atoms with Crippen LogP contribution in [0.2, 0.25) is 5.02 Å². The van der Waals surface area contributed by atoms with E-state index in [9.17, 15) is 9.59 Å². The molecule has 1 aliphatic heterocycles. The van der Waals surface area contributed by atoms with E-state index in [4.69, 9.17) is 30.9 Å². The van der Waals surface area contributed by atoms with E-state index in [1.165, 1.54) is 18.9 Å². The molecule has 33 heavy (non-hydrogen) atoms. The van der Waals surface area contributed by atoms with E-state index < -0.39 is 12.6 Å². The van der Waals surface area contributed by atoms with Gasteiger partial charge in [-0.2, -0.15) is 0 Å². The molecule has 0 bridgehead atoms. The Kier molecular flexibility index (Phi) is 8.24. The van der Waals surface area contributed by atoms with Crippen LogP contribution in [0, 0.1) is 0 Å². The van der Waals surface area contributed by atoms with Gasteiger partial charge in [0.05, 0.1) is 29.3 Å². The molecule has 8 nitrogen and oxygen atoms in total. The molecule has 2 aromatic carbocycles. The van der Waals surface area contributed by atoms with Crippen LogP contribution in [0.3, 0.4) is 0 Å². The molecule has 1 saturated heterocycles. The number of carbonyl (C=O) groups is 2. The van der Waals surface area contributed by atoms with Crippen molar-refractivity contribution < 1.29 is 28.9 Å². The number of carboxylic acid groups (broad SMARTS) is 1. The first-order valence-corrected chi connectivity index (χ1v) is 11.3. The molecule has 0 saturated carbocycles. The number of benzene rings is 2. The van der Waals surface area contributed by atoms with Gasteiger partial charge in [-0.3, -0.25) is 9.69 Å². The first-order valence-electron chi connectivity index (χ1n) is 10.1. The van der Waals surface area contributed by atoms with Gasteiger partial charge in [0.2, 0.25) is 0 Å². The Balaban J connectivity index is 1.88.